The molecule has 0 saturated carbocycles. The maximum atomic E-state index is 4.38. The summed E-state index contributed by atoms with van der Waals surface area (Å²) in [5.74, 6) is 0. The standard InChI is InChI=1S/C56H47BrN2/c1-55(2,3)42-26-28-47-44(34-42)45-35-43(56(4,5)6)27-29-48(45)58(47)50-32-41(36-18-10-7-11-19-36)33-51(53(50)57)59-49-31-40-25-17-16-24-39(40)30-46(49)52(37-20-12-8-13-21-37)54(59)38-22-14-9-15-23-38/h7-35H,1-6H3. The van der Waals surface area contributed by atoms with Gasteiger partial charge in [-0.3, -0.25) is 0 Å². The topological polar surface area (TPSA) is 9.86 Å². The molecule has 0 aliphatic heterocycles. The van der Waals surface area contributed by atoms with Gasteiger partial charge in [0.2, 0.25) is 0 Å². The average molecular weight is 828 g/mol. The molecule has 2 nitrogen and oxygen atoms in total. The molecule has 0 spiro atoms. The Labute approximate surface area is 355 Å². The first kappa shape index (κ1) is 37.1. The average Bonchev–Trinajstić information content (AvgIpc) is 3.75. The monoisotopic (exact) mass is 826 g/mol. The maximum Gasteiger partial charge on any atom is 0.0657 e. The number of nitrogens with zero attached hydrogens (tertiary/aromatic N) is 2. The molecule has 59 heavy (non-hydrogen) atoms. The van der Waals surface area contributed by atoms with Gasteiger partial charge in [-0.2, -0.15) is 0 Å². The lowest BCUT2D eigenvalue weighted by Crippen LogP contribution is -2.10. The van der Waals surface area contributed by atoms with Crippen LogP contribution in [0.2, 0.25) is 0 Å². The number of halogens is 1. The van der Waals surface area contributed by atoms with Crippen LogP contribution < -0.4 is 0 Å². The van der Waals surface area contributed by atoms with Crippen molar-refractivity contribution in [2.24, 2.45) is 0 Å². The lowest BCUT2D eigenvalue weighted by Gasteiger charge is -2.21. The molecule has 10 rings (SSSR count). The largest absolute Gasteiger partial charge is 0.308 e. The Kier molecular flexibility index (Phi) is 8.81. The molecular weight excluding hydrogens is 781 g/mol. The Morgan fingerprint density at radius 1 is 0.373 bits per heavy atom. The summed E-state index contributed by atoms with van der Waals surface area (Å²) in [5, 5.41) is 6.19. The van der Waals surface area contributed by atoms with Crippen molar-refractivity contribution in [3.8, 4) is 44.9 Å². The molecule has 0 N–H and O–H groups in total. The quantitative estimate of drug-likeness (QED) is 0.164. The molecule has 10 aromatic rings. The maximum absolute atomic E-state index is 4.38. The molecular formula is C56H47BrN2. The van der Waals surface area contributed by atoms with Crippen LogP contribution in [0.15, 0.2) is 180 Å². The molecule has 0 saturated heterocycles. The van der Waals surface area contributed by atoms with Gasteiger partial charge >= 0.3 is 0 Å². The van der Waals surface area contributed by atoms with E-state index >= 15 is 0 Å². The van der Waals surface area contributed by atoms with Gasteiger partial charge in [0.1, 0.15) is 0 Å². The normalized spacial score (nSPS) is 12.3. The molecule has 2 heterocycles. The minimum atomic E-state index is 0.00911. The fourth-order valence-corrected chi connectivity index (χ4v) is 9.51. The summed E-state index contributed by atoms with van der Waals surface area (Å²) >= 11 is 4.38. The molecule has 0 aliphatic rings. The molecule has 0 aliphatic carbocycles. The zero-order chi connectivity index (χ0) is 40.6. The van der Waals surface area contributed by atoms with E-state index in [9.17, 15) is 0 Å². The molecule has 0 fully saturated rings. The minimum absolute atomic E-state index is 0.00911. The zero-order valence-electron chi connectivity index (χ0n) is 34.5. The Balaban J connectivity index is 1.38. The van der Waals surface area contributed by atoms with Gasteiger partial charge in [-0.1, -0.05) is 169 Å². The number of benzene rings is 8. The van der Waals surface area contributed by atoms with E-state index in [1.165, 1.54) is 65.8 Å². The fraction of sp³-hybridized carbons (Fsp3) is 0.143. The third-order valence-electron chi connectivity index (χ3n) is 12.1. The fourth-order valence-electron chi connectivity index (χ4n) is 8.92. The van der Waals surface area contributed by atoms with Crippen LogP contribution in [0.25, 0.3) is 88.4 Å². The number of hydrogen-bond donors (Lipinski definition) is 0. The smallest absolute Gasteiger partial charge is 0.0657 e. The first-order chi connectivity index (χ1) is 28.5. The minimum Gasteiger partial charge on any atom is -0.308 e. The van der Waals surface area contributed by atoms with Crippen LogP contribution in [0.5, 0.6) is 0 Å². The van der Waals surface area contributed by atoms with Crippen molar-refractivity contribution >= 4 is 59.4 Å². The lowest BCUT2D eigenvalue weighted by molar-refractivity contribution is 0.590. The van der Waals surface area contributed by atoms with Crippen LogP contribution in [0.4, 0.5) is 0 Å². The molecule has 2 aromatic heterocycles. The molecule has 3 heteroatoms. The van der Waals surface area contributed by atoms with Gasteiger partial charge < -0.3 is 9.13 Å². The van der Waals surface area contributed by atoms with E-state index in [1.54, 1.807) is 0 Å². The van der Waals surface area contributed by atoms with E-state index in [2.05, 4.69) is 243 Å². The summed E-state index contributed by atoms with van der Waals surface area (Å²) < 4.78 is 6.03. The van der Waals surface area contributed by atoms with Crippen molar-refractivity contribution in [3.63, 3.8) is 0 Å². The summed E-state index contributed by atoms with van der Waals surface area (Å²) in [7, 11) is 0. The Bertz CT molecular complexity index is 3140. The van der Waals surface area contributed by atoms with E-state index in [0.717, 1.165) is 38.2 Å². The van der Waals surface area contributed by atoms with Gasteiger partial charge in [0.15, 0.2) is 0 Å². The summed E-state index contributed by atoms with van der Waals surface area (Å²) in [6.45, 7) is 13.8. The lowest BCUT2D eigenvalue weighted by atomic mass is 9.85. The Hall–Kier alpha value is -6.16. The van der Waals surface area contributed by atoms with Gasteiger partial charge in [-0.05, 0) is 119 Å². The van der Waals surface area contributed by atoms with Crippen molar-refractivity contribution in [3.05, 3.63) is 192 Å². The number of aromatic nitrogens is 2. The molecule has 288 valence electrons. The third kappa shape index (κ3) is 6.31. The second kappa shape index (κ2) is 14.0. The van der Waals surface area contributed by atoms with Crippen LogP contribution >= 0.6 is 15.9 Å². The van der Waals surface area contributed by atoms with E-state index in [1.807, 2.05) is 0 Å². The summed E-state index contributed by atoms with van der Waals surface area (Å²) in [6, 6.07) is 65.1. The second-order valence-electron chi connectivity index (χ2n) is 18.0. The predicted molar refractivity (Wildman–Crippen MR) is 257 cm³/mol. The molecule has 8 aromatic carbocycles. The summed E-state index contributed by atoms with van der Waals surface area (Å²) in [6.07, 6.45) is 0. The molecule has 0 unspecified atom stereocenters. The highest BCUT2D eigenvalue weighted by Gasteiger charge is 2.27. The second-order valence-corrected chi connectivity index (χ2v) is 18.8. The highest BCUT2D eigenvalue weighted by Crippen LogP contribution is 2.48. The first-order valence-corrected chi connectivity index (χ1v) is 21.4. The Morgan fingerprint density at radius 2 is 0.831 bits per heavy atom. The van der Waals surface area contributed by atoms with Crippen molar-refractivity contribution in [2.45, 2.75) is 52.4 Å². The molecule has 0 bridgehead atoms. The number of hydrogen-bond acceptors (Lipinski definition) is 0. The van der Waals surface area contributed by atoms with Crippen LogP contribution in [-0.2, 0) is 10.8 Å². The molecule has 0 atom stereocenters. The summed E-state index contributed by atoms with van der Waals surface area (Å²) in [4.78, 5) is 0. The van der Waals surface area contributed by atoms with Crippen molar-refractivity contribution in [2.75, 3.05) is 0 Å². The van der Waals surface area contributed by atoms with E-state index in [0.29, 0.717) is 0 Å². The van der Waals surface area contributed by atoms with Gasteiger partial charge in [-0.25, -0.2) is 0 Å². The SMILES string of the molecule is CC(C)(C)c1ccc2c(c1)c1cc(C(C)(C)C)ccc1n2-c1cc(-c2ccccc2)cc(-n2c(-c3ccccc3)c(-c3ccccc3)c3cc4ccccc4cc32)c1Br. The molecule has 0 amide bonds. The van der Waals surface area contributed by atoms with E-state index < -0.39 is 0 Å². The number of rotatable bonds is 5. The zero-order valence-corrected chi connectivity index (χ0v) is 36.1. The van der Waals surface area contributed by atoms with Crippen molar-refractivity contribution < 1.29 is 0 Å². The van der Waals surface area contributed by atoms with Crippen LogP contribution in [0.3, 0.4) is 0 Å². The predicted octanol–water partition coefficient (Wildman–Crippen LogP) is 16.2. The van der Waals surface area contributed by atoms with Crippen molar-refractivity contribution in [1.29, 1.82) is 0 Å². The molecule has 0 radical (unpaired) electrons. The van der Waals surface area contributed by atoms with Crippen LogP contribution in [-0.4, -0.2) is 9.13 Å². The summed E-state index contributed by atoms with van der Waals surface area (Å²) in [5.41, 5.74) is 15.4. The van der Waals surface area contributed by atoms with Crippen molar-refractivity contribution in [1.82, 2.24) is 9.13 Å². The van der Waals surface area contributed by atoms with Gasteiger partial charge in [-0.15, -0.1) is 0 Å². The highest BCUT2D eigenvalue weighted by atomic mass is 79.9. The van der Waals surface area contributed by atoms with E-state index in [4.69, 9.17) is 0 Å². The third-order valence-corrected chi connectivity index (χ3v) is 12.9. The number of fused-ring (bicyclic) bond motifs is 5. The van der Waals surface area contributed by atoms with Crippen LogP contribution in [0, 0.1) is 0 Å². The Morgan fingerprint density at radius 3 is 1.36 bits per heavy atom. The van der Waals surface area contributed by atoms with Gasteiger partial charge in [0.05, 0.1) is 38.1 Å². The van der Waals surface area contributed by atoms with Gasteiger partial charge in [0.25, 0.3) is 0 Å². The van der Waals surface area contributed by atoms with Gasteiger partial charge in [0, 0.05) is 21.7 Å². The van der Waals surface area contributed by atoms with Crippen LogP contribution in [0.1, 0.15) is 52.7 Å². The highest BCUT2D eigenvalue weighted by molar-refractivity contribution is 9.10. The van der Waals surface area contributed by atoms with E-state index in [-0.39, 0.29) is 10.8 Å². The first-order valence-electron chi connectivity index (χ1n) is 20.6.